The summed E-state index contributed by atoms with van der Waals surface area (Å²) in [5.74, 6) is -4.26. The van der Waals surface area contributed by atoms with E-state index in [1.54, 1.807) is 0 Å². The van der Waals surface area contributed by atoms with Gasteiger partial charge in [0, 0.05) is 23.8 Å². The van der Waals surface area contributed by atoms with Crippen molar-refractivity contribution in [1.29, 1.82) is 0 Å². The Morgan fingerprint density at radius 2 is 1.59 bits per heavy atom. The van der Waals surface area contributed by atoms with Crippen molar-refractivity contribution in [1.82, 2.24) is 0 Å². The zero-order valence-electron chi connectivity index (χ0n) is 8.20. The molecule has 17 heavy (non-hydrogen) atoms. The maximum atomic E-state index is 13.4. The van der Waals surface area contributed by atoms with E-state index in [0.717, 1.165) is 6.07 Å². The van der Waals surface area contributed by atoms with E-state index in [1.807, 2.05) is 0 Å². The molecule has 0 aliphatic rings. The number of benzene rings is 2. The molecule has 0 nitrogen and oxygen atoms in total. The molecule has 0 saturated carbocycles. The molecule has 0 amide bonds. The second-order valence-electron chi connectivity index (χ2n) is 3.26. The van der Waals surface area contributed by atoms with Gasteiger partial charge in [-0.1, -0.05) is 23.7 Å². The maximum absolute atomic E-state index is 13.4. The smallest absolute Gasteiger partial charge is 0.150 e. The lowest BCUT2D eigenvalue weighted by Gasteiger charge is -2.07. The first kappa shape index (κ1) is 11.9. The van der Waals surface area contributed by atoms with Crippen molar-refractivity contribution in [2.45, 2.75) is 0 Å². The lowest BCUT2D eigenvalue weighted by atomic mass is 10.0. The van der Waals surface area contributed by atoms with Gasteiger partial charge in [-0.15, -0.1) is 0 Å². The Morgan fingerprint density at radius 1 is 1.00 bits per heavy atom. The number of hydrogen-bond acceptors (Lipinski definition) is 0. The minimum atomic E-state index is -1.14. The predicted octanol–water partition coefficient (Wildman–Crippen LogP) is 4.36. The highest BCUT2D eigenvalue weighted by Crippen LogP contribution is 2.33. The summed E-state index contributed by atoms with van der Waals surface area (Å²) in [6.07, 6.45) is 0. The summed E-state index contributed by atoms with van der Waals surface area (Å²) in [4.78, 5) is 0. The molecule has 0 fully saturated rings. The summed E-state index contributed by atoms with van der Waals surface area (Å²) < 4.78 is 52.7. The van der Waals surface area contributed by atoms with E-state index in [9.17, 15) is 17.6 Å². The van der Waals surface area contributed by atoms with Gasteiger partial charge in [-0.05, 0) is 0 Å². The van der Waals surface area contributed by atoms with Gasteiger partial charge in [0.2, 0.25) is 0 Å². The molecule has 1 radical (unpaired) electrons. The van der Waals surface area contributed by atoms with Crippen LogP contribution in [0.1, 0.15) is 0 Å². The minimum Gasteiger partial charge on any atom is -0.207 e. The summed E-state index contributed by atoms with van der Waals surface area (Å²) in [6, 6.07) is 5.49. The van der Waals surface area contributed by atoms with Crippen LogP contribution in [0.15, 0.2) is 24.3 Å². The Hall–Kier alpha value is -1.55. The van der Waals surface area contributed by atoms with Crippen molar-refractivity contribution >= 4 is 11.6 Å². The Bertz CT molecular complexity index is 558. The SMILES string of the molecule is Fc1cc(F)c(-c2cc[c]c(F)c2Cl)c(F)c1. The van der Waals surface area contributed by atoms with Crippen molar-refractivity contribution in [3.05, 3.63) is 58.6 Å². The summed E-state index contributed by atoms with van der Waals surface area (Å²) in [5.41, 5.74) is -0.748. The zero-order chi connectivity index (χ0) is 12.6. The lowest BCUT2D eigenvalue weighted by molar-refractivity contribution is 0.548. The van der Waals surface area contributed by atoms with Crippen LogP contribution in [-0.4, -0.2) is 0 Å². The number of halogens is 5. The van der Waals surface area contributed by atoms with Gasteiger partial charge >= 0.3 is 0 Å². The van der Waals surface area contributed by atoms with Gasteiger partial charge in [0.15, 0.2) is 0 Å². The molecule has 0 aliphatic heterocycles. The van der Waals surface area contributed by atoms with Crippen molar-refractivity contribution in [3.63, 3.8) is 0 Å². The maximum Gasteiger partial charge on any atom is 0.150 e. The molecule has 2 aromatic rings. The molecule has 0 aliphatic carbocycles. The fraction of sp³-hybridized carbons (Fsp3) is 0. The summed E-state index contributed by atoms with van der Waals surface area (Å²) >= 11 is 5.58. The molecule has 0 spiro atoms. The summed E-state index contributed by atoms with van der Waals surface area (Å²) in [6.45, 7) is 0. The van der Waals surface area contributed by atoms with Gasteiger partial charge in [-0.2, -0.15) is 0 Å². The Labute approximate surface area is 99.5 Å². The van der Waals surface area contributed by atoms with Crippen molar-refractivity contribution in [3.8, 4) is 11.1 Å². The zero-order valence-corrected chi connectivity index (χ0v) is 8.96. The van der Waals surface area contributed by atoms with Crippen molar-refractivity contribution in [2.75, 3.05) is 0 Å². The van der Waals surface area contributed by atoms with E-state index in [2.05, 4.69) is 6.07 Å². The van der Waals surface area contributed by atoms with E-state index in [-0.39, 0.29) is 5.56 Å². The third-order valence-electron chi connectivity index (χ3n) is 2.17. The molecule has 0 N–H and O–H groups in total. The van der Waals surface area contributed by atoms with Crippen LogP contribution in [0, 0.1) is 29.3 Å². The largest absolute Gasteiger partial charge is 0.207 e. The highest BCUT2D eigenvalue weighted by atomic mass is 35.5. The molecule has 0 saturated heterocycles. The molecule has 5 heteroatoms. The van der Waals surface area contributed by atoms with Crippen LogP contribution < -0.4 is 0 Å². The average molecular weight is 260 g/mol. The fourth-order valence-corrected chi connectivity index (χ4v) is 1.66. The predicted molar refractivity (Wildman–Crippen MR) is 55.6 cm³/mol. The van der Waals surface area contributed by atoms with E-state index in [0.29, 0.717) is 12.1 Å². The Kier molecular flexibility index (Phi) is 3.07. The molecule has 0 aromatic heterocycles. The molecule has 2 aromatic carbocycles. The second-order valence-corrected chi connectivity index (χ2v) is 3.64. The second kappa shape index (κ2) is 4.37. The lowest BCUT2D eigenvalue weighted by Crippen LogP contribution is -1.94. The van der Waals surface area contributed by atoms with E-state index in [4.69, 9.17) is 11.6 Å². The van der Waals surface area contributed by atoms with E-state index in [1.165, 1.54) is 6.07 Å². The van der Waals surface area contributed by atoms with Gasteiger partial charge in [0.25, 0.3) is 0 Å². The van der Waals surface area contributed by atoms with Crippen LogP contribution in [0.3, 0.4) is 0 Å². The Balaban J connectivity index is 2.73. The standard InChI is InChI=1S/C12H4ClF4/c13-12-7(2-1-3-8(12)15)11-9(16)4-6(14)5-10(11)17/h1-2,4-5H. The number of rotatable bonds is 1. The van der Waals surface area contributed by atoms with Crippen molar-refractivity contribution < 1.29 is 17.6 Å². The van der Waals surface area contributed by atoms with Gasteiger partial charge in [0.05, 0.1) is 10.6 Å². The molecule has 87 valence electrons. The first-order valence-electron chi connectivity index (χ1n) is 4.51. The third-order valence-corrected chi connectivity index (χ3v) is 2.53. The molecular formula is C12H4ClF4. The monoisotopic (exact) mass is 259 g/mol. The normalized spacial score (nSPS) is 10.6. The minimum absolute atomic E-state index is 0.182. The van der Waals surface area contributed by atoms with Crippen LogP contribution in [0.25, 0.3) is 11.1 Å². The molecule has 2 rings (SSSR count). The van der Waals surface area contributed by atoms with E-state index < -0.39 is 33.9 Å². The summed E-state index contributed by atoms with van der Waals surface area (Å²) in [7, 11) is 0. The van der Waals surface area contributed by atoms with Crippen molar-refractivity contribution in [2.24, 2.45) is 0 Å². The van der Waals surface area contributed by atoms with Crippen LogP contribution >= 0.6 is 11.6 Å². The van der Waals surface area contributed by atoms with Crippen LogP contribution in [0.2, 0.25) is 5.02 Å². The van der Waals surface area contributed by atoms with Gasteiger partial charge in [-0.25, -0.2) is 17.6 Å². The fourth-order valence-electron chi connectivity index (χ4n) is 1.45. The molecule has 0 bridgehead atoms. The highest BCUT2D eigenvalue weighted by molar-refractivity contribution is 6.33. The number of hydrogen-bond donors (Lipinski definition) is 0. The highest BCUT2D eigenvalue weighted by Gasteiger charge is 2.17. The molecule has 0 heterocycles. The average Bonchev–Trinajstić information content (AvgIpc) is 2.23. The van der Waals surface area contributed by atoms with Gasteiger partial charge < -0.3 is 0 Å². The van der Waals surface area contributed by atoms with Gasteiger partial charge in [0.1, 0.15) is 23.3 Å². The van der Waals surface area contributed by atoms with E-state index >= 15 is 0 Å². The Morgan fingerprint density at radius 3 is 2.18 bits per heavy atom. The van der Waals surface area contributed by atoms with Crippen LogP contribution in [-0.2, 0) is 0 Å². The first-order valence-corrected chi connectivity index (χ1v) is 4.89. The van der Waals surface area contributed by atoms with Gasteiger partial charge in [-0.3, -0.25) is 0 Å². The van der Waals surface area contributed by atoms with Crippen LogP contribution in [0.4, 0.5) is 17.6 Å². The molecule has 0 atom stereocenters. The van der Waals surface area contributed by atoms with Crippen LogP contribution in [0.5, 0.6) is 0 Å². The molecular weight excluding hydrogens is 256 g/mol. The third kappa shape index (κ3) is 2.13. The molecule has 0 unspecified atom stereocenters. The quantitative estimate of drug-likeness (QED) is 0.668. The summed E-state index contributed by atoms with van der Waals surface area (Å²) in [5, 5.41) is -0.461. The topological polar surface area (TPSA) is 0 Å². The first-order chi connectivity index (χ1) is 8.00.